The number of pyridine rings is 1. The van der Waals surface area contributed by atoms with Gasteiger partial charge in [-0.2, -0.15) is 0 Å². The first-order valence-corrected chi connectivity index (χ1v) is 10.0. The lowest BCUT2D eigenvalue weighted by molar-refractivity contribution is -0.142. The van der Waals surface area contributed by atoms with Gasteiger partial charge < -0.3 is 9.64 Å². The van der Waals surface area contributed by atoms with Gasteiger partial charge in [-0.1, -0.05) is 12.7 Å². The Kier molecular flexibility index (Phi) is 4.09. The maximum Gasteiger partial charge on any atom is 0.310 e. The third-order valence-electron chi connectivity index (χ3n) is 6.41. The number of hydrogen-bond acceptors (Lipinski definition) is 4. The Morgan fingerprint density at radius 3 is 2.83 bits per heavy atom. The van der Waals surface area contributed by atoms with Crippen LogP contribution in [-0.2, 0) is 28.9 Å². The SMILES string of the molecule is C=CC1=C(/C=C2/c3nc4cc(F)c(C)c5c4c(c3CN2C)CCC5)CC(=O)OC1. The van der Waals surface area contributed by atoms with Gasteiger partial charge in [0.2, 0.25) is 0 Å². The van der Waals surface area contributed by atoms with Gasteiger partial charge in [0.15, 0.2) is 0 Å². The smallest absolute Gasteiger partial charge is 0.310 e. The van der Waals surface area contributed by atoms with Gasteiger partial charge in [-0.15, -0.1) is 0 Å². The first-order valence-electron chi connectivity index (χ1n) is 10.0. The molecule has 3 aliphatic rings. The van der Waals surface area contributed by atoms with Crippen molar-refractivity contribution in [3.63, 3.8) is 0 Å². The van der Waals surface area contributed by atoms with E-state index in [1.165, 1.54) is 11.1 Å². The van der Waals surface area contributed by atoms with Crippen LogP contribution in [0.15, 0.2) is 35.9 Å². The summed E-state index contributed by atoms with van der Waals surface area (Å²) in [5, 5.41) is 1.15. The van der Waals surface area contributed by atoms with Crippen LogP contribution in [0, 0.1) is 12.7 Å². The summed E-state index contributed by atoms with van der Waals surface area (Å²) in [5.74, 6) is -0.413. The number of hydrogen-bond donors (Lipinski definition) is 0. The van der Waals surface area contributed by atoms with Crippen molar-refractivity contribution in [3.05, 3.63) is 69.7 Å². The molecule has 148 valence electrons. The number of halogens is 1. The lowest BCUT2D eigenvalue weighted by Gasteiger charge is -2.21. The number of ether oxygens (including phenoxy) is 1. The first-order chi connectivity index (χ1) is 14.0. The van der Waals surface area contributed by atoms with Crippen molar-refractivity contribution in [1.82, 2.24) is 9.88 Å². The predicted octanol–water partition coefficient (Wildman–Crippen LogP) is 4.39. The fourth-order valence-corrected chi connectivity index (χ4v) is 4.86. The Morgan fingerprint density at radius 2 is 2.03 bits per heavy atom. The van der Waals surface area contributed by atoms with E-state index in [2.05, 4.69) is 11.5 Å². The molecule has 0 amide bonds. The minimum atomic E-state index is -0.230. The molecule has 29 heavy (non-hydrogen) atoms. The van der Waals surface area contributed by atoms with E-state index in [0.717, 1.165) is 70.4 Å². The molecule has 5 heteroatoms. The normalized spacial score (nSPS) is 19.8. The van der Waals surface area contributed by atoms with Crippen molar-refractivity contribution < 1.29 is 13.9 Å². The van der Waals surface area contributed by atoms with E-state index in [1.807, 2.05) is 20.0 Å². The van der Waals surface area contributed by atoms with Crippen molar-refractivity contribution in [2.24, 2.45) is 0 Å². The van der Waals surface area contributed by atoms with Crippen LogP contribution in [-0.4, -0.2) is 29.5 Å². The molecule has 1 aliphatic carbocycles. The highest BCUT2D eigenvalue weighted by molar-refractivity contribution is 5.92. The predicted molar refractivity (Wildman–Crippen MR) is 111 cm³/mol. The molecule has 0 N–H and O–H groups in total. The third-order valence-corrected chi connectivity index (χ3v) is 6.41. The second kappa shape index (κ2) is 6.55. The molecule has 2 aromatic rings. The van der Waals surface area contributed by atoms with Crippen LogP contribution in [0.5, 0.6) is 0 Å². The zero-order chi connectivity index (χ0) is 20.3. The minimum absolute atomic E-state index is 0.184. The third kappa shape index (κ3) is 2.71. The van der Waals surface area contributed by atoms with Gasteiger partial charge in [0.05, 0.1) is 23.3 Å². The van der Waals surface area contributed by atoms with E-state index in [9.17, 15) is 9.18 Å². The van der Waals surface area contributed by atoms with Crippen LogP contribution >= 0.6 is 0 Å². The molecule has 2 aliphatic heterocycles. The molecule has 0 spiro atoms. The van der Waals surface area contributed by atoms with Crippen LogP contribution in [0.4, 0.5) is 4.39 Å². The van der Waals surface area contributed by atoms with Crippen molar-refractivity contribution in [2.45, 2.75) is 39.2 Å². The number of fused-ring (bicyclic) bond motifs is 2. The summed E-state index contributed by atoms with van der Waals surface area (Å²) in [4.78, 5) is 18.9. The summed E-state index contributed by atoms with van der Waals surface area (Å²) in [6, 6.07) is 1.58. The van der Waals surface area contributed by atoms with Crippen LogP contribution in [0.1, 0.15) is 40.8 Å². The molecule has 0 radical (unpaired) electrons. The van der Waals surface area contributed by atoms with Crippen LogP contribution in [0.2, 0.25) is 0 Å². The number of aromatic nitrogens is 1. The fourth-order valence-electron chi connectivity index (χ4n) is 4.86. The lowest BCUT2D eigenvalue weighted by Crippen LogP contribution is -2.16. The number of benzene rings is 1. The quantitative estimate of drug-likeness (QED) is 0.714. The van der Waals surface area contributed by atoms with Gasteiger partial charge in [-0.3, -0.25) is 4.79 Å². The van der Waals surface area contributed by atoms with Crippen LogP contribution < -0.4 is 0 Å². The minimum Gasteiger partial charge on any atom is -0.461 e. The first kappa shape index (κ1) is 18.1. The molecule has 3 heterocycles. The Labute approximate surface area is 169 Å². The molecule has 1 aromatic heterocycles. The molecular formula is C24H23FN2O2. The molecule has 0 saturated heterocycles. The average molecular weight is 390 g/mol. The second-order valence-electron chi connectivity index (χ2n) is 8.10. The van der Waals surface area contributed by atoms with E-state index in [4.69, 9.17) is 9.72 Å². The maximum atomic E-state index is 14.6. The number of carbonyl (C=O) groups excluding carboxylic acids is 1. The number of esters is 1. The highest BCUT2D eigenvalue weighted by atomic mass is 19.1. The van der Waals surface area contributed by atoms with Crippen molar-refractivity contribution >= 4 is 22.6 Å². The number of carbonyl (C=O) groups is 1. The van der Waals surface area contributed by atoms with Gasteiger partial charge in [-0.05, 0) is 60.1 Å². The topological polar surface area (TPSA) is 42.4 Å². The van der Waals surface area contributed by atoms with E-state index < -0.39 is 0 Å². The fraction of sp³-hybridized carbons (Fsp3) is 0.333. The van der Waals surface area contributed by atoms with Crippen LogP contribution in [0.25, 0.3) is 16.6 Å². The highest BCUT2D eigenvalue weighted by Gasteiger charge is 2.31. The molecule has 1 aromatic carbocycles. The molecular weight excluding hydrogens is 367 g/mol. The summed E-state index contributed by atoms with van der Waals surface area (Å²) in [7, 11) is 2.04. The monoisotopic (exact) mass is 390 g/mol. The number of allylic oxidation sites excluding steroid dienone is 1. The maximum absolute atomic E-state index is 14.6. The second-order valence-corrected chi connectivity index (χ2v) is 8.10. The van der Waals surface area contributed by atoms with E-state index >= 15 is 0 Å². The molecule has 5 rings (SSSR count). The zero-order valence-electron chi connectivity index (χ0n) is 16.8. The summed E-state index contributed by atoms with van der Waals surface area (Å²) >= 11 is 0. The number of aryl methyl sites for hydroxylation is 2. The molecule has 0 saturated carbocycles. The molecule has 0 atom stereocenters. The lowest BCUT2D eigenvalue weighted by atomic mass is 9.85. The van der Waals surface area contributed by atoms with Crippen molar-refractivity contribution in [3.8, 4) is 0 Å². The summed E-state index contributed by atoms with van der Waals surface area (Å²) in [5.41, 5.74) is 8.85. The molecule has 0 fully saturated rings. The standard InChI is InChI=1S/C24H23FN2O2/c1-4-14-12-29-22(28)9-15(14)8-21-24-18(11-27(21)3)17-7-5-6-16-13(2)19(25)10-20(26-24)23(16)17/h4,8,10H,1,5-7,9,11-12H2,2-3H3/b21-8-. The number of cyclic esters (lactones) is 1. The van der Waals surface area contributed by atoms with Gasteiger partial charge in [-0.25, -0.2) is 9.37 Å². The highest BCUT2D eigenvalue weighted by Crippen LogP contribution is 2.41. The Balaban J connectivity index is 1.75. The Hall–Kier alpha value is -2.95. The van der Waals surface area contributed by atoms with Gasteiger partial charge in [0.25, 0.3) is 0 Å². The van der Waals surface area contributed by atoms with Gasteiger partial charge in [0.1, 0.15) is 12.4 Å². The van der Waals surface area contributed by atoms with E-state index in [-0.39, 0.29) is 24.8 Å². The molecule has 0 bridgehead atoms. The molecule has 4 nitrogen and oxygen atoms in total. The summed E-state index contributed by atoms with van der Waals surface area (Å²) in [6.07, 6.45) is 6.94. The van der Waals surface area contributed by atoms with Crippen molar-refractivity contribution in [1.29, 1.82) is 0 Å². The number of rotatable bonds is 2. The average Bonchev–Trinajstić information content (AvgIpc) is 3.02. The van der Waals surface area contributed by atoms with E-state index in [0.29, 0.717) is 0 Å². The number of nitrogens with zero attached hydrogens (tertiary/aromatic N) is 2. The van der Waals surface area contributed by atoms with Gasteiger partial charge in [0, 0.05) is 30.6 Å². The van der Waals surface area contributed by atoms with Crippen LogP contribution in [0.3, 0.4) is 0 Å². The van der Waals surface area contributed by atoms with Crippen molar-refractivity contribution in [2.75, 3.05) is 13.7 Å². The Bertz CT molecular complexity index is 1160. The Morgan fingerprint density at radius 1 is 1.24 bits per heavy atom. The van der Waals surface area contributed by atoms with Gasteiger partial charge >= 0.3 is 5.97 Å². The zero-order valence-corrected chi connectivity index (χ0v) is 16.8. The largest absolute Gasteiger partial charge is 0.461 e. The summed E-state index contributed by atoms with van der Waals surface area (Å²) in [6.45, 7) is 6.75. The summed E-state index contributed by atoms with van der Waals surface area (Å²) < 4.78 is 19.7. The molecule has 0 unspecified atom stereocenters. The van der Waals surface area contributed by atoms with E-state index in [1.54, 1.807) is 12.1 Å².